The van der Waals surface area contributed by atoms with Crippen LogP contribution in [0.5, 0.6) is 5.75 Å². The van der Waals surface area contributed by atoms with Crippen molar-refractivity contribution in [1.82, 2.24) is 20.1 Å². The first kappa shape index (κ1) is 23.0. The van der Waals surface area contributed by atoms with Crippen molar-refractivity contribution in [1.29, 1.82) is 0 Å². The smallest absolute Gasteiger partial charge is 0.411 e. The molecule has 9 nitrogen and oxygen atoms in total. The summed E-state index contributed by atoms with van der Waals surface area (Å²) >= 11 is 5.33. The van der Waals surface area contributed by atoms with Gasteiger partial charge in [-0.3, -0.25) is 19.8 Å². The fourth-order valence-corrected chi connectivity index (χ4v) is 3.21. The summed E-state index contributed by atoms with van der Waals surface area (Å²) in [6.07, 6.45) is -0.284. The molecule has 2 amide bonds. The molecule has 0 radical (unpaired) electrons. The predicted octanol–water partition coefficient (Wildman–Crippen LogP) is 3.89. The maximum Gasteiger partial charge on any atom is 0.411 e. The summed E-state index contributed by atoms with van der Waals surface area (Å²) in [7, 11) is 1.30. The number of rotatable bonds is 9. The lowest BCUT2D eigenvalue weighted by Crippen LogP contribution is -2.24. The molecule has 1 heterocycles. The number of aromatic nitrogens is 3. The Balaban J connectivity index is 1.54. The Kier molecular flexibility index (Phi) is 7.98. The van der Waals surface area contributed by atoms with Gasteiger partial charge in [0.1, 0.15) is 5.75 Å². The van der Waals surface area contributed by atoms with Gasteiger partial charge < -0.3 is 14.8 Å². The molecule has 0 aliphatic rings. The number of ether oxygens (including phenoxy) is 2. The first-order valence-corrected chi connectivity index (χ1v) is 10.5. The number of nitrogens with zero attached hydrogens (tertiary/aromatic N) is 2. The topological polar surface area (TPSA) is 110 Å². The first-order valence-electron chi connectivity index (χ1n) is 10.1. The molecule has 0 aliphatic carbocycles. The SMILES string of the molecule is CCOc1ccc(-c2n[nH]c(=S)n2CCC(=O)NCc2ccc(NC(=O)OC)cc2)cc1. The second kappa shape index (κ2) is 11.1. The number of anilines is 1. The van der Waals surface area contributed by atoms with Gasteiger partial charge >= 0.3 is 6.09 Å². The maximum absolute atomic E-state index is 12.4. The fraction of sp³-hybridized carbons (Fsp3) is 0.273. The zero-order valence-electron chi connectivity index (χ0n) is 17.9. The molecule has 32 heavy (non-hydrogen) atoms. The Bertz CT molecular complexity index is 1110. The number of H-pyrrole nitrogens is 1. The normalized spacial score (nSPS) is 10.4. The number of carbonyl (C=O) groups is 2. The molecule has 3 aromatic rings. The molecule has 2 aromatic carbocycles. The van der Waals surface area contributed by atoms with Crippen molar-refractivity contribution >= 4 is 29.9 Å². The minimum Gasteiger partial charge on any atom is -0.494 e. The van der Waals surface area contributed by atoms with E-state index in [1.54, 1.807) is 16.7 Å². The van der Waals surface area contributed by atoms with Crippen LogP contribution in [0.25, 0.3) is 11.4 Å². The molecule has 0 fully saturated rings. The number of hydrogen-bond donors (Lipinski definition) is 3. The summed E-state index contributed by atoms with van der Waals surface area (Å²) in [6.45, 7) is 3.30. The van der Waals surface area contributed by atoms with Crippen molar-refractivity contribution in [3.8, 4) is 17.1 Å². The van der Waals surface area contributed by atoms with Gasteiger partial charge in [0.2, 0.25) is 5.91 Å². The quantitative estimate of drug-likeness (QED) is 0.422. The monoisotopic (exact) mass is 455 g/mol. The number of amides is 2. The van der Waals surface area contributed by atoms with E-state index in [-0.39, 0.29) is 12.3 Å². The van der Waals surface area contributed by atoms with E-state index in [2.05, 4.69) is 25.6 Å². The molecule has 0 atom stereocenters. The van der Waals surface area contributed by atoms with Crippen LogP contribution < -0.4 is 15.4 Å². The molecular formula is C22H25N5O4S. The summed E-state index contributed by atoms with van der Waals surface area (Å²) in [5, 5.41) is 12.6. The fourth-order valence-electron chi connectivity index (χ4n) is 2.99. The highest BCUT2D eigenvalue weighted by molar-refractivity contribution is 7.71. The minimum atomic E-state index is -0.534. The molecule has 0 saturated carbocycles. The number of aromatic amines is 1. The molecule has 0 saturated heterocycles. The molecule has 10 heteroatoms. The largest absolute Gasteiger partial charge is 0.494 e. The second-order valence-corrected chi connectivity index (χ2v) is 7.19. The molecule has 3 rings (SSSR count). The van der Waals surface area contributed by atoms with Crippen molar-refractivity contribution in [2.24, 2.45) is 0 Å². The number of benzene rings is 2. The van der Waals surface area contributed by atoms with Crippen LogP contribution in [0.4, 0.5) is 10.5 Å². The van der Waals surface area contributed by atoms with Crippen LogP contribution in [0.15, 0.2) is 48.5 Å². The van der Waals surface area contributed by atoms with E-state index < -0.39 is 6.09 Å². The van der Waals surface area contributed by atoms with E-state index in [1.807, 2.05) is 43.3 Å². The molecule has 0 bridgehead atoms. The highest BCUT2D eigenvalue weighted by Gasteiger charge is 2.11. The molecule has 3 N–H and O–H groups in total. The van der Waals surface area contributed by atoms with Crippen molar-refractivity contribution in [3.63, 3.8) is 0 Å². The summed E-state index contributed by atoms with van der Waals surface area (Å²) in [6, 6.07) is 14.7. The van der Waals surface area contributed by atoms with Gasteiger partial charge in [-0.1, -0.05) is 12.1 Å². The number of carbonyl (C=O) groups excluding carboxylic acids is 2. The highest BCUT2D eigenvalue weighted by Crippen LogP contribution is 2.21. The third kappa shape index (κ3) is 6.17. The van der Waals surface area contributed by atoms with Crippen LogP contribution in [0, 0.1) is 4.77 Å². The van der Waals surface area contributed by atoms with Crippen molar-refractivity contribution in [2.75, 3.05) is 19.0 Å². The lowest BCUT2D eigenvalue weighted by atomic mass is 10.2. The zero-order valence-corrected chi connectivity index (χ0v) is 18.7. The lowest BCUT2D eigenvalue weighted by Gasteiger charge is -2.09. The van der Waals surface area contributed by atoms with Crippen LogP contribution in [-0.2, 0) is 22.6 Å². The molecular weight excluding hydrogens is 430 g/mol. The summed E-state index contributed by atoms with van der Waals surface area (Å²) in [4.78, 5) is 23.6. The van der Waals surface area contributed by atoms with Crippen molar-refractivity contribution < 1.29 is 19.1 Å². The summed E-state index contributed by atoms with van der Waals surface area (Å²) < 4.78 is 12.3. The maximum atomic E-state index is 12.4. The first-order chi connectivity index (χ1) is 15.5. The molecule has 1 aromatic heterocycles. The zero-order chi connectivity index (χ0) is 22.9. The lowest BCUT2D eigenvalue weighted by molar-refractivity contribution is -0.121. The van der Waals surface area contributed by atoms with Gasteiger partial charge in [-0.25, -0.2) is 4.79 Å². The number of methoxy groups -OCH3 is 1. The molecule has 0 spiro atoms. The minimum absolute atomic E-state index is 0.109. The third-order valence-corrected chi connectivity index (χ3v) is 4.93. The molecule has 0 aliphatic heterocycles. The Labute approximate surface area is 190 Å². The van der Waals surface area contributed by atoms with Crippen molar-refractivity contribution in [3.05, 3.63) is 58.9 Å². The summed E-state index contributed by atoms with van der Waals surface area (Å²) in [5.41, 5.74) is 2.40. The van der Waals surface area contributed by atoms with Crippen LogP contribution in [0.1, 0.15) is 18.9 Å². The van der Waals surface area contributed by atoms with E-state index in [0.717, 1.165) is 16.9 Å². The molecule has 0 unspecified atom stereocenters. The predicted molar refractivity (Wildman–Crippen MR) is 123 cm³/mol. The van der Waals surface area contributed by atoms with E-state index in [4.69, 9.17) is 17.0 Å². The van der Waals surface area contributed by atoms with Gasteiger partial charge in [0.05, 0.1) is 13.7 Å². The number of nitrogens with one attached hydrogen (secondary N) is 3. The van der Waals surface area contributed by atoms with Crippen LogP contribution in [-0.4, -0.2) is 40.5 Å². The Morgan fingerprint density at radius 3 is 2.50 bits per heavy atom. The van der Waals surface area contributed by atoms with Gasteiger partial charge in [0.15, 0.2) is 10.6 Å². The van der Waals surface area contributed by atoms with Crippen LogP contribution in [0.2, 0.25) is 0 Å². The van der Waals surface area contributed by atoms with E-state index in [1.165, 1.54) is 7.11 Å². The average Bonchev–Trinajstić information content (AvgIpc) is 3.18. The summed E-state index contributed by atoms with van der Waals surface area (Å²) in [5.74, 6) is 1.34. The van der Waals surface area contributed by atoms with Gasteiger partial charge in [-0.2, -0.15) is 5.10 Å². The average molecular weight is 456 g/mol. The highest BCUT2D eigenvalue weighted by atomic mass is 32.1. The van der Waals surface area contributed by atoms with E-state index in [0.29, 0.717) is 36.0 Å². The second-order valence-electron chi connectivity index (χ2n) is 6.80. The van der Waals surface area contributed by atoms with Gasteiger partial charge in [0, 0.05) is 30.8 Å². The Hall–Kier alpha value is -3.66. The van der Waals surface area contributed by atoms with Gasteiger partial charge in [-0.15, -0.1) is 0 Å². The molecule has 168 valence electrons. The Morgan fingerprint density at radius 2 is 1.84 bits per heavy atom. The van der Waals surface area contributed by atoms with Gasteiger partial charge in [-0.05, 0) is 61.1 Å². The van der Waals surface area contributed by atoms with E-state index >= 15 is 0 Å². The van der Waals surface area contributed by atoms with Crippen LogP contribution in [0.3, 0.4) is 0 Å². The third-order valence-electron chi connectivity index (χ3n) is 4.62. The van der Waals surface area contributed by atoms with Crippen molar-refractivity contribution in [2.45, 2.75) is 26.4 Å². The number of hydrogen-bond acceptors (Lipinski definition) is 6. The van der Waals surface area contributed by atoms with Gasteiger partial charge in [0.25, 0.3) is 0 Å². The Morgan fingerprint density at radius 1 is 1.12 bits per heavy atom. The van der Waals surface area contributed by atoms with E-state index in [9.17, 15) is 9.59 Å². The standard InChI is InChI=1S/C22H25N5O4S/c1-3-31-18-10-6-16(7-11-18)20-25-26-21(32)27(20)13-12-19(28)23-14-15-4-8-17(9-5-15)24-22(29)30-2/h4-11H,3,12-14H2,1-2H3,(H,23,28)(H,24,29)(H,26,32). The van der Waals surface area contributed by atoms with Crippen LogP contribution >= 0.6 is 12.2 Å².